The molecule has 11 heteroatoms. The number of likely N-dealkylation sites (tertiary alicyclic amines) is 1. The van der Waals surface area contributed by atoms with Crippen molar-refractivity contribution in [3.63, 3.8) is 0 Å². The number of carbonyl (C=O) groups excluding carboxylic acids is 2. The van der Waals surface area contributed by atoms with Crippen LogP contribution in [0.2, 0.25) is 0 Å². The minimum Gasteiger partial charge on any atom is -0.464 e. The van der Waals surface area contributed by atoms with Gasteiger partial charge in [0.2, 0.25) is 5.91 Å². The lowest BCUT2D eigenvalue weighted by Gasteiger charge is -2.30. The summed E-state index contributed by atoms with van der Waals surface area (Å²) < 4.78 is 6.94. The molecule has 4 N–H and O–H groups in total. The van der Waals surface area contributed by atoms with Gasteiger partial charge in [-0.25, -0.2) is 14.6 Å². The lowest BCUT2D eigenvalue weighted by Crippen LogP contribution is -2.52. The second kappa shape index (κ2) is 10.2. The molecule has 2 aromatic heterocycles. The van der Waals surface area contributed by atoms with E-state index in [0.717, 1.165) is 23.8 Å². The number of piperidine rings is 1. The molecule has 1 saturated heterocycles. The molecular weight excluding hydrogens is 442 g/mol. The van der Waals surface area contributed by atoms with E-state index in [1.54, 1.807) is 35.2 Å². The highest BCUT2D eigenvalue weighted by atomic mass is 16.5. The summed E-state index contributed by atoms with van der Waals surface area (Å²) in [4.78, 5) is 41.9. The number of hydrogen-bond donors (Lipinski definition) is 4. The minimum absolute atomic E-state index is 0.190. The maximum atomic E-state index is 12.6. The molecule has 0 saturated carbocycles. The number of fused-ring (bicyclic) bond motifs is 1. The maximum absolute atomic E-state index is 12.6. The molecule has 1 fully saturated rings. The molecule has 3 amide bonds. The van der Waals surface area contributed by atoms with Crippen LogP contribution in [0.1, 0.15) is 19.3 Å². The Labute approximate surface area is 194 Å². The number of nitrogens with zero attached hydrogens (tertiary/aromatic N) is 3. The summed E-state index contributed by atoms with van der Waals surface area (Å²) in [6.45, 7) is 0.726. The van der Waals surface area contributed by atoms with E-state index in [1.807, 2.05) is 0 Å². The lowest BCUT2D eigenvalue weighted by atomic mass is 10.1. The maximum Gasteiger partial charge on any atom is 0.415 e. The first-order valence-corrected chi connectivity index (χ1v) is 10.9. The van der Waals surface area contributed by atoms with Gasteiger partial charge in [-0.15, -0.1) is 0 Å². The van der Waals surface area contributed by atoms with E-state index >= 15 is 0 Å². The Hall–Kier alpha value is -4.12. The van der Waals surface area contributed by atoms with Crippen molar-refractivity contribution >= 4 is 34.8 Å². The molecule has 0 aliphatic carbocycles. The molecule has 1 aromatic carbocycles. The van der Waals surface area contributed by atoms with Gasteiger partial charge < -0.3 is 25.2 Å². The van der Waals surface area contributed by atoms with E-state index < -0.39 is 24.8 Å². The molecule has 0 radical (unpaired) electrons. The van der Waals surface area contributed by atoms with Crippen LogP contribution in [0.15, 0.2) is 48.8 Å². The van der Waals surface area contributed by atoms with Crippen molar-refractivity contribution < 1.29 is 29.3 Å². The van der Waals surface area contributed by atoms with E-state index in [-0.39, 0.29) is 11.7 Å². The zero-order chi connectivity index (χ0) is 24.1. The van der Waals surface area contributed by atoms with Crippen LogP contribution in [-0.4, -0.2) is 68.4 Å². The molecule has 0 spiro atoms. The first-order valence-electron chi connectivity index (χ1n) is 10.9. The number of hydrogen-bond acceptors (Lipinski definition) is 6. The molecule has 34 heavy (non-hydrogen) atoms. The Balaban J connectivity index is 1.39. The van der Waals surface area contributed by atoms with Crippen LogP contribution in [0.3, 0.4) is 0 Å². The molecule has 178 valence electrons. The predicted molar refractivity (Wildman–Crippen MR) is 123 cm³/mol. The van der Waals surface area contributed by atoms with Crippen LogP contribution in [0, 0.1) is 0 Å². The lowest BCUT2D eigenvalue weighted by molar-refractivity contribution is -0.135. The molecule has 1 aliphatic rings. The number of aliphatic hydroxyl groups is 1. The summed E-state index contributed by atoms with van der Waals surface area (Å²) in [6.07, 6.45) is 4.71. The van der Waals surface area contributed by atoms with Crippen LogP contribution in [0.25, 0.3) is 10.9 Å². The SMILES string of the molecule is O=C(Nc1cc(Oc2ccc3c(ccn3C(=O)O)c2)ccn1)N[C@H](CO)C(=O)N1CCCCC1. The van der Waals surface area contributed by atoms with Gasteiger partial charge in [0.05, 0.1) is 12.1 Å². The third kappa shape index (κ3) is 5.26. The fourth-order valence-electron chi connectivity index (χ4n) is 3.86. The standard InChI is InChI=1S/C23H25N5O6/c29-14-18(21(30)27-9-2-1-3-10-27)25-22(31)26-20-13-17(6-8-24-20)34-16-4-5-19-15(12-16)7-11-28(19)23(32)33/h4-8,11-13,18,29H,1-3,9-10,14H2,(H,32,33)(H2,24,25,26,31)/t18-/m1/s1. The zero-order valence-corrected chi connectivity index (χ0v) is 18.3. The number of benzene rings is 1. The first kappa shape index (κ1) is 23.1. The summed E-state index contributed by atoms with van der Waals surface area (Å²) in [5.41, 5.74) is 0.533. The number of urea groups is 1. The van der Waals surface area contributed by atoms with Crippen LogP contribution >= 0.6 is 0 Å². The zero-order valence-electron chi connectivity index (χ0n) is 18.3. The van der Waals surface area contributed by atoms with Gasteiger partial charge in [-0.2, -0.15) is 0 Å². The number of carbonyl (C=O) groups is 3. The average molecular weight is 467 g/mol. The van der Waals surface area contributed by atoms with Crippen LogP contribution < -0.4 is 15.4 Å². The van der Waals surface area contributed by atoms with Gasteiger partial charge in [0.1, 0.15) is 23.4 Å². The molecule has 1 atom stereocenters. The predicted octanol–water partition coefficient (Wildman–Crippen LogP) is 2.85. The molecule has 0 bridgehead atoms. The van der Waals surface area contributed by atoms with Crippen molar-refractivity contribution in [2.45, 2.75) is 25.3 Å². The fourth-order valence-corrected chi connectivity index (χ4v) is 3.86. The fraction of sp³-hybridized carbons (Fsp3) is 0.304. The van der Waals surface area contributed by atoms with Crippen molar-refractivity contribution in [3.8, 4) is 11.5 Å². The van der Waals surface area contributed by atoms with Gasteiger partial charge in [-0.3, -0.25) is 14.7 Å². The van der Waals surface area contributed by atoms with Gasteiger partial charge in [0.25, 0.3) is 0 Å². The normalized spacial score (nSPS) is 14.4. The number of aromatic nitrogens is 2. The average Bonchev–Trinajstić information content (AvgIpc) is 3.26. The Morgan fingerprint density at radius 1 is 1.06 bits per heavy atom. The number of nitrogens with one attached hydrogen (secondary N) is 2. The van der Waals surface area contributed by atoms with Gasteiger partial charge in [0.15, 0.2) is 0 Å². The number of anilines is 1. The number of amides is 3. The first-order chi connectivity index (χ1) is 16.4. The largest absolute Gasteiger partial charge is 0.464 e. The van der Waals surface area contributed by atoms with Crippen LogP contribution in [0.4, 0.5) is 15.4 Å². The van der Waals surface area contributed by atoms with E-state index in [4.69, 9.17) is 4.74 Å². The topological polar surface area (TPSA) is 146 Å². The highest BCUT2D eigenvalue weighted by molar-refractivity contribution is 5.93. The summed E-state index contributed by atoms with van der Waals surface area (Å²) in [6, 6.07) is 8.04. The van der Waals surface area contributed by atoms with Crippen molar-refractivity contribution in [3.05, 3.63) is 48.8 Å². The van der Waals surface area contributed by atoms with E-state index in [0.29, 0.717) is 35.5 Å². The van der Waals surface area contributed by atoms with Crippen molar-refractivity contribution in [2.24, 2.45) is 0 Å². The summed E-state index contributed by atoms with van der Waals surface area (Å²) in [7, 11) is 0. The second-order valence-corrected chi connectivity index (χ2v) is 7.89. The van der Waals surface area contributed by atoms with Crippen molar-refractivity contribution in [2.75, 3.05) is 25.0 Å². The van der Waals surface area contributed by atoms with Gasteiger partial charge >= 0.3 is 12.1 Å². The minimum atomic E-state index is -1.08. The Kier molecular flexibility index (Phi) is 6.93. The van der Waals surface area contributed by atoms with E-state index in [1.165, 1.54) is 18.5 Å². The van der Waals surface area contributed by atoms with Gasteiger partial charge in [-0.05, 0) is 49.6 Å². The molecule has 3 aromatic rings. The monoisotopic (exact) mass is 467 g/mol. The van der Waals surface area contributed by atoms with Gasteiger partial charge in [-0.1, -0.05) is 0 Å². The van der Waals surface area contributed by atoms with Crippen molar-refractivity contribution in [1.82, 2.24) is 19.8 Å². The van der Waals surface area contributed by atoms with Crippen LogP contribution in [-0.2, 0) is 4.79 Å². The number of carboxylic acid groups (broad SMARTS) is 1. The van der Waals surface area contributed by atoms with E-state index in [9.17, 15) is 24.6 Å². The third-order valence-electron chi connectivity index (χ3n) is 5.53. The summed E-state index contributed by atoms with van der Waals surface area (Å²) in [5, 5.41) is 24.5. The number of rotatable bonds is 6. The molecule has 0 unspecified atom stereocenters. The van der Waals surface area contributed by atoms with Gasteiger partial charge in [0, 0.05) is 36.9 Å². The molecule has 4 rings (SSSR count). The quantitative estimate of drug-likeness (QED) is 0.436. The Morgan fingerprint density at radius 2 is 1.82 bits per heavy atom. The number of pyridine rings is 1. The highest BCUT2D eigenvalue weighted by Crippen LogP contribution is 2.27. The number of ether oxygens (including phenoxy) is 1. The molecule has 1 aliphatic heterocycles. The molecule has 3 heterocycles. The summed E-state index contributed by atoms with van der Waals surface area (Å²) in [5.74, 6) is 0.750. The summed E-state index contributed by atoms with van der Waals surface area (Å²) >= 11 is 0. The van der Waals surface area contributed by atoms with Crippen molar-refractivity contribution in [1.29, 1.82) is 0 Å². The smallest absolute Gasteiger partial charge is 0.415 e. The second-order valence-electron chi connectivity index (χ2n) is 7.89. The Bertz CT molecular complexity index is 1200. The third-order valence-corrected chi connectivity index (χ3v) is 5.53. The highest BCUT2D eigenvalue weighted by Gasteiger charge is 2.26. The number of aliphatic hydroxyl groups excluding tert-OH is 1. The Morgan fingerprint density at radius 3 is 2.56 bits per heavy atom. The molecule has 11 nitrogen and oxygen atoms in total. The van der Waals surface area contributed by atoms with Crippen LogP contribution in [0.5, 0.6) is 11.5 Å². The molecular formula is C23H25N5O6. The van der Waals surface area contributed by atoms with E-state index in [2.05, 4.69) is 15.6 Å².